The van der Waals surface area contributed by atoms with E-state index >= 15 is 0 Å². The van der Waals surface area contributed by atoms with Gasteiger partial charge in [0.2, 0.25) is 0 Å². The minimum absolute atomic E-state index is 0. The molecule has 0 N–H and O–H groups in total. The molecular formula is C36H30Pb2Te. The molecular weight excluding hydrogens is 974 g/mol. The van der Waals surface area contributed by atoms with Gasteiger partial charge in [0.15, 0.2) is 0 Å². The molecule has 0 saturated heterocycles. The van der Waals surface area contributed by atoms with E-state index in [1.165, 1.54) is 0 Å². The van der Waals surface area contributed by atoms with E-state index in [0.717, 1.165) is 0 Å². The molecule has 0 spiro atoms. The molecule has 6 aromatic carbocycles. The summed E-state index contributed by atoms with van der Waals surface area (Å²) in [6, 6.07) is 66.0. The molecule has 0 nitrogen and oxygen atoms in total. The van der Waals surface area contributed by atoms with Crippen LogP contribution >= 0.6 is 0 Å². The molecule has 0 atom stereocenters. The Kier molecular flexibility index (Phi) is 12.5. The monoisotopic (exact) mass is 1010 g/mol. The van der Waals surface area contributed by atoms with Crippen LogP contribution < -0.4 is 18.7 Å². The molecule has 0 amide bonds. The van der Waals surface area contributed by atoms with Crippen molar-refractivity contribution in [1.82, 2.24) is 0 Å². The van der Waals surface area contributed by atoms with E-state index in [1.54, 1.807) is 18.7 Å². The summed E-state index contributed by atoms with van der Waals surface area (Å²) < 4.78 is 9.28. The minimum atomic E-state index is -2.17. The fraction of sp³-hybridized carbons (Fsp3) is 0. The molecule has 0 fully saturated rings. The van der Waals surface area contributed by atoms with Crippen LogP contribution in [-0.2, 0) is 0 Å². The summed E-state index contributed by atoms with van der Waals surface area (Å²) in [6.45, 7) is 0. The zero-order chi connectivity index (χ0) is 25.8. The molecule has 0 bridgehead atoms. The van der Waals surface area contributed by atoms with Crippen molar-refractivity contribution in [1.29, 1.82) is 0 Å². The second-order valence-corrected chi connectivity index (χ2v) is 28.2. The summed E-state index contributed by atoms with van der Waals surface area (Å²) in [4.78, 5) is 0. The van der Waals surface area contributed by atoms with Crippen molar-refractivity contribution in [2.24, 2.45) is 0 Å². The van der Waals surface area contributed by atoms with Crippen molar-refractivity contribution >= 4 is 87.8 Å². The van der Waals surface area contributed by atoms with Crippen LogP contribution in [0.2, 0.25) is 0 Å². The second kappa shape index (κ2) is 16.3. The molecule has 0 aromatic heterocycles. The molecule has 6 rings (SSSR count). The summed E-state index contributed by atoms with van der Waals surface area (Å²) >= 11 is -4.34. The molecule has 3 heteroatoms. The zero-order valence-corrected chi connectivity index (χ0v) is 31.8. The van der Waals surface area contributed by atoms with Gasteiger partial charge in [-0.3, -0.25) is 0 Å². The van der Waals surface area contributed by atoms with Crippen molar-refractivity contribution < 1.29 is 0 Å². The average molecular weight is 1000 g/mol. The summed E-state index contributed by atoms with van der Waals surface area (Å²) in [5.41, 5.74) is 0. The van der Waals surface area contributed by atoms with Gasteiger partial charge in [-0.05, 0) is 0 Å². The van der Waals surface area contributed by atoms with Gasteiger partial charge in [-0.15, -0.1) is 0 Å². The first-order valence-electron chi connectivity index (χ1n) is 13.0. The van der Waals surface area contributed by atoms with E-state index in [4.69, 9.17) is 0 Å². The normalized spacial score (nSPS) is 10.3. The van der Waals surface area contributed by atoms with Crippen LogP contribution in [0.3, 0.4) is 0 Å². The third kappa shape index (κ3) is 8.47. The van der Waals surface area contributed by atoms with Crippen molar-refractivity contribution in [2.75, 3.05) is 0 Å². The van der Waals surface area contributed by atoms with Gasteiger partial charge in [0.25, 0.3) is 0 Å². The van der Waals surface area contributed by atoms with Gasteiger partial charge in [0, 0.05) is 23.7 Å². The SMILES string of the molecule is [Te].c1cc[c]([Pb]([c]2ccccc2)[c]2ccccc2)cc1.c1cc[c]([Pb]([c]2ccccc2)[c]2ccccc2)cc1. The van der Waals surface area contributed by atoms with Gasteiger partial charge in [-0.2, -0.15) is 0 Å². The van der Waals surface area contributed by atoms with Crippen LogP contribution in [0.1, 0.15) is 0 Å². The Morgan fingerprint density at radius 2 is 0.333 bits per heavy atom. The maximum atomic E-state index is 2.29. The first-order valence-corrected chi connectivity index (χ1v) is 24.6. The quantitative estimate of drug-likeness (QED) is 0.222. The molecule has 4 radical (unpaired) electrons. The van der Waals surface area contributed by atoms with Crippen LogP contribution in [-0.4, -0.2) is 69.1 Å². The van der Waals surface area contributed by atoms with Gasteiger partial charge in [-0.25, -0.2) is 0 Å². The van der Waals surface area contributed by atoms with Gasteiger partial charge >= 0.3 is 246 Å². The first kappa shape index (κ1) is 29.9. The van der Waals surface area contributed by atoms with E-state index in [1.807, 2.05) is 0 Å². The molecule has 0 saturated carbocycles. The molecule has 0 heterocycles. The Morgan fingerprint density at radius 1 is 0.205 bits per heavy atom. The Labute approximate surface area is 266 Å². The maximum absolute atomic E-state index is 2.29. The zero-order valence-electron chi connectivity index (χ0n) is 21.7. The molecule has 0 aliphatic carbocycles. The fourth-order valence-corrected chi connectivity index (χ4v) is 24.7. The van der Waals surface area contributed by atoms with Gasteiger partial charge in [0.1, 0.15) is 0 Å². The number of rotatable bonds is 6. The summed E-state index contributed by atoms with van der Waals surface area (Å²) in [7, 11) is 0. The van der Waals surface area contributed by atoms with E-state index in [-0.39, 0.29) is 23.7 Å². The van der Waals surface area contributed by atoms with Gasteiger partial charge < -0.3 is 0 Å². The third-order valence-corrected chi connectivity index (χ3v) is 27.6. The predicted molar refractivity (Wildman–Crippen MR) is 174 cm³/mol. The Morgan fingerprint density at radius 3 is 0.462 bits per heavy atom. The van der Waals surface area contributed by atoms with Crippen LogP contribution in [0.5, 0.6) is 0 Å². The second-order valence-electron chi connectivity index (χ2n) is 8.95. The van der Waals surface area contributed by atoms with Crippen LogP contribution in [0.15, 0.2) is 182 Å². The number of hydrogen-bond acceptors (Lipinski definition) is 0. The first-order chi connectivity index (χ1) is 18.9. The van der Waals surface area contributed by atoms with Crippen LogP contribution in [0, 0.1) is 0 Å². The number of benzene rings is 6. The molecule has 188 valence electrons. The van der Waals surface area contributed by atoms with E-state index in [0.29, 0.717) is 0 Å². The summed E-state index contributed by atoms with van der Waals surface area (Å²) in [5.74, 6) is 0. The third-order valence-electron chi connectivity index (χ3n) is 6.37. The van der Waals surface area contributed by atoms with Crippen molar-refractivity contribution in [3.05, 3.63) is 182 Å². The van der Waals surface area contributed by atoms with Gasteiger partial charge in [0.05, 0.1) is 0 Å². The molecule has 0 aliphatic heterocycles. The topological polar surface area (TPSA) is 0 Å². The molecule has 0 aliphatic rings. The Bertz CT molecular complexity index is 1170. The van der Waals surface area contributed by atoms with Crippen molar-refractivity contribution in [3.63, 3.8) is 0 Å². The molecule has 39 heavy (non-hydrogen) atoms. The van der Waals surface area contributed by atoms with E-state index in [2.05, 4.69) is 182 Å². The van der Waals surface area contributed by atoms with Crippen LogP contribution in [0.25, 0.3) is 0 Å². The molecule has 6 aromatic rings. The van der Waals surface area contributed by atoms with E-state index < -0.39 is 45.4 Å². The average Bonchev–Trinajstić information content (AvgIpc) is 3.01. The van der Waals surface area contributed by atoms with Crippen LogP contribution in [0.4, 0.5) is 0 Å². The van der Waals surface area contributed by atoms with Crippen molar-refractivity contribution in [3.8, 4) is 0 Å². The van der Waals surface area contributed by atoms with Crippen molar-refractivity contribution in [2.45, 2.75) is 0 Å². The Balaban J connectivity index is 0.000000176. The van der Waals surface area contributed by atoms with E-state index in [9.17, 15) is 0 Å². The Hall–Kier alpha value is -2.05. The standard InChI is InChI=1S/6C6H5.2Pb.Te/c6*1-2-4-6-5-3-1;;;/h6*1-5H;;;. The molecule has 0 unspecified atom stereocenters. The predicted octanol–water partition coefficient (Wildman–Crippen LogP) is 4.02. The summed E-state index contributed by atoms with van der Waals surface area (Å²) in [6.07, 6.45) is 0. The fourth-order valence-electron chi connectivity index (χ4n) is 4.63. The van der Waals surface area contributed by atoms with Gasteiger partial charge in [-0.1, -0.05) is 0 Å². The number of hydrogen-bond donors (Lipinski definition) is 0. The summed E-state index contributed by atoms with van der Waals surface area (Å²) in [5, 5.41) is 0.